The van der Waals surface area contributed by atoms with E-state index in [4.69, 9.17) is 16.3 Å². The maximum Gasteiger partial charge on any atom is 0.257 e. The Morgan fingerprint density at radius 1 is 1.52 bits per heavy atom. The van der Waals surface area contributed by atoms with Crippen LogP contribution in [0.3, 0.4) is 0 Å². The molecule has 116 valence electrons. The summed E-state index contributed by atoms with van der Waals surface area (Å²) < 4.78 is 18.2. The van der Waals surface area contributed by atoms with E-state index in [9.17, 15) is 9.18 Å². The summed E-state index contributed by atoms with van der Waals surface area (Å²) in [6, 6.07) is 4.02. The van der Waals surface area contributed by atoms with Gasteiger partial charge in [-0.05, 0) is 50.4 Å². The molecule has 6 heteroatoms. The van der Waals surface area contributed by atoms with Crippen LogP contribution in [0.25, 0.3) is 0 Å². The third-order valence-corrected chi connectivity index (χ3v) is 3.82. The van der Waals surface area contributed by atoms with Gasteiger partial charge in [0.1, 0.15) is 11.6 Å². The highest BCUT2D eigenvalue weighted by molar-refractivity contribution is 6.30. The molecule has 0 bridgehead atoms. The number of nitrogens with one attached hydrogen (secondary N) is 2. The predicted molar refractivity (Wildman–Crippen MR) is 80.1 cm³/mol. The van der Waals surface area contributed by atoms with Crippen LogP contribution in [0, 0.1) is 11.7 Å². The zero-order chi connectivity index (χ0) is 15.1. The van der Waals surface area contributed by atoms with E-state index in [1.807, 2.05) is 0 Å². The number of amides is 1. The highest BCUT2D eigenvalue weighted by atomic mass is 35.5. The van der Waals surface area contributed by atoms with E-state index in [1.54, 1.807) is 0 Å². The molecule has 1 unspecified atom stereocenters. The molecule has 2 N–H and O–H groups in total. The van der Waals surface area contributed by atoms with Gasteiger partial charge in [-0.3, -0.25) is 4.79 Å². The topological polar surface area (TPSA) is 50.4 Å². The van der Waals surface area contributed by atoms with E-state index in [-0.39, 0.29) is 17.5 Å². The fourth-order valence-corrected chi connectivity index (χ4v) is 2.52. The minimum absolute atomic E-state index is 0.0160. The summed E-state index contributed by atoms with van der Waals surface area (Å²) in [6.45, 7) is 2.68. The molecule has 0 saturated carbocycles. The number of benzene rings is 1. The largest absolute Gasteiger partial charge is 0.484 e. The number of piperidine rings is 1. The molecule has 0 aliphatic carbocycles. The second-order valence-electron chi connectivity index (χ2n) is 5.22. The van der Waals surface area contributed by atoms with Crippen molar-refractivity contribution in [3.63, 3.8) is 0 Å². The van der Waals surface area contributed by atoms with Crippen LogP contribution in [0.4, 0.5) is 4.39 Å². The standard InChI is InChI=1S/C15H20ClFN2O2/c16-13-8-12(3-4-14(13)17)21-10-15(20)19-7-5-11-2-1-6-18-9-11/h3-4,8,11,18H,1-2,5-7,9-10H2,(H,19,20). The van der Waals surface area contributed by atoms with Crippen molar-refractivity contribution in [2.75, 3.05) is 26.2 Å². The number of rotatable bonds is 6. The van der Waals surface area contributed by atoms with E-state index < -0.39 is 5.82 Å². The molecule has 2 rings (SSSR count). The van der Waals surface area contributed by atoms with Crippen molar-refractivity contribution in [1.82, 2.24) is 10.6 Å². The van der Waals surface area contributed by atoms with Crippen molar-refractivity contribution in [1.29, 1.82) is 0 Å². The molecule has 21 heavy (non-hydrogen) atoms. The first kappa shape index (κ1) is 16.0. The van der Waals surface area contributed by atoms with Crippen LogP contribution in [-0.4, -0.2) is 32.1 Å². The van der Waals surface area contributed by atoms with E-state index >= 15 is 0 Å². The highest BCUT2D eigenvalue weighted by Gasteiger charge is 2.13. The molecule has 1 fully saturated rings. The normalized spacial score (nSPS) is 18.3. The molecule has 1 aromatic carbocycles. The first-order valence-corrected chi connectivity index (χ1v) is 7.58. The summed E-state index contributed by atoms with van der Waals surface area (Å²) in [5, 5.41) is 6.16. The van der Waals surface area contributed by atoms with Gasteiger partial charge in [0, 0.05) is 12.6 Å². The van der Waals surface area contributed by atoms with Gasteiger partial charge in [0.05, 0.1) is 5.02 Å². The SMILES string of the molecule is O=C(COc1ccc(F)c(Cl)c1)NCCC1CCCNC1. The number of carbonyl (C=O) groups excluding carboxylic acids is 1. The van der Waals surface area contributed by atoms with Crippen LogP contribution in [0.5, 0.6) is 5.75 Å². The molecule has 1 aliphatic heterocycles. The number of ether oxygens (including phenoxy) is 1. The zero-order valence-electron chi connectivity index (χ0n) is 11.8. The Hall–Kier alpha value is -1.33. The summed E-state index contributed by atoms with van der Waals surface area (Å²) in [5.74, 6) is 0.331. The Bertz CT molecular complexity index is 479. The molecule has 1 aliphatic rings. The Kier molecular flexibility index (Phi) is 6.26. The van der Waals surface area contributed by atoms with Gasteiger partial charge in [0.2, 0.25) is 0 Å². The van der Waals surface area contributed by atoms with Crippen molar-refractivity contribution >= 4 is 17.5 Å². The molecule has 0 spiro atoms. The Balaban J connectivity index is 1.63. The lowest BCUT2D eigenvalue weighted by atomic mass is 9.96. The molecule has 1 saturated heterocycles. The molecule has 1 atom stereocenters. The summed E-state index contributed by atoms with van der Waals surface area (Å²) in [4.78, 5) is 11.7. The van der Waals surface area contributed by atoms with Crippen molar-refractivity contribution < 1.29 is 13.9 Å². The van der Waals surface area contributed by atoms with E-state index in [2.05, 4.69) is 10.6 Å². The van der Waals surface area contributed by atoms with E-state index in [0.717, 1.165) is 19.5 Å². The van der Waals surface area contributed by atoms with Crippen LogP contribution >= 0.6 is 11.6 Å². The van der Waals surface area contributed by atoms with Gasteiger partial charge < -0.3 is 15.4 Å². The number of halogens is 2. The Morgan fingerprint density at radius 2 is 2.38 bits per heavy atom. The van der Waals surface area contributed by atoms with Gasteiger partial charge in [-0.15, -0.1) is 0 Å². The molecule has 0 aromatic heterocycles. The Labute approximate surface area is 129 Å². The third-order valence-electron chi connectivity index (χ3n) is 3.53. The third kappa shape index (κ3) is 5.52. The van der Waals surface area contributed by atoms with Gasteiger partial charge >= 0.3 is 0 Å². The van der Waals surface area contributed by atoms with Crippen molar-refractivity contribution in [3.8, 4) is 5.75 Å². The van der Waals surface area contributed by atoms with Crippen LogP contribution < -0.4 is 15.4 Å². The number of hydrogen-bond acceptors (Lipinski definition) is 3. The lowest BCUT2D eigenvalue weighted by Gasteiger charge is -2.22. The smallest absolute Gasteiger partial charge is 0.257 e. The second-order valence-corrected chi connectivity index (χ2v) is 5.62. The average Bonchev–Trinajstić information content (AvgIpc) is 2.49. The molecule has 1 amide bonds. The number of carbonyl (C=O) groups is 1. The van der Waals surface area contributed by atoms with Crippen LogP contribution in [0.2, 0.25) is 5.02 Å². The molecular formula is C15H20ClFN2O2. The molecular weight excluding hydrogens is 295 g/mol. The van der Waals surface area contributed by atoms with Crippen molar-refractivity contribution in [2.24, 2.45) is 5.92 Å². The fourth-order valence-electron chi connectivity index (χ4n) is 2.35. The first-order valence-electron chi connectivity index (χ1n) is 7.20. The quantitative estimate of drug-likeness (QED) is 0.847. The Morgan fingerprint density at radius 3 is 3.10 bits per heavy atom. The molecule has 0 radical (unpaired) electrons. The summed E-state index contributed by atoms with van der Waals surface area (Å²) >= 11 is 5.64. The maximum atomic E-state index is 13.0. The maximum absolute atomic E-state index is 13.0. The summed E-state index contributed by atoms with van der Waals surface area (Å²) in [7, 11) is 0. The lowest BCUT2D eigenvalue weighted by Crippen LogP contribution is -2.34. The van der Waals surface area contributed by atoms with Gasteiger partial charge in [0.15, 0.2) is 6.61 Å². The van der Waals surface area contributed by atoms with E-state index in [0.29, 0.717) is 18.2 Å². The van der Waals surface area contributed by atoms with Crippen molar-refractivity contribution in [2.45, 2.75) is 19.3 Å². The van der Waals surface area contributed by atoms with Crippen LogP contribution in [-0.2, 0) is 4.79 Å². The summed E-state index contributed by atoms with van der Waals surface area (Å²) in [5.41, 5.74) is 0. The van der Waals surface area contributed by atoms with Gasteiger partial charge in [-0.2, -0.15) is 0 Å². The molecule has 1 heterocycles. The fraction of sp³-hybridized carbons (Fsp3) is 0.533. The average molecular weight is 315 g/mol. The highest BCUT2D eigenvalue weighted by Crippen LogP contribution is 2.20. The lowest BCUT2D eigenvalue weighted by molar-refractivity contribution is -0.123. The number of hydrogen-bond donors (Lipinski definition) is 2. The van der Waals surface area contributed by atoms with Crippen LogP contribution in [0.15, 0.2) is 18.2 Å². The summed E-state index contributed by atoms with van der Waals surface area (Å²) in [6.07, 6.45) is 3.39. The minimum Gasteiger partial charge on any atom is -0.484 e. The van der Waals surface area contributed by atoms with Crippen LogP contribution in [0.1, 0.15) is 19.3 Å². The molecule has 1 aromatic rings. The van der Waals surface area contributed by atoms with Gasteiger partial charge in [-0.25, -0.2) is 4.39 Å². The molecule has 4 nitrogen and oxygen atoms in total. The zero-order valence-corrected chi connectivity index (χ0v) is 12.6. The predicted octanol–water partition coefficient (Wildman–Crippen LogP) is 2.36. The van der Waals surface area contributed by atoms with Gasteiger partial charge in [-0.1, -0.05) is 11.6 Å². The van der Waals surface area contributed by atoms with E-state index in [1.165, 1.54) is 31.0 Å². The first-order chi connectivity index (χ1) is 10.1. The minimum atomic E-state index is -0.505. The van der Waals surface area contributed by atoms with Crippen molar-refractivity contribution in [3.05, 3.63) is 29.0 Å². The second kappa shape index (κ2) is 8.20. The van der Waals surface area contributed by atoms with Gasteiger partial charge in [0.25, 0.3) is 5.91 Å². The monoisotopic (exact) mass is 314 g/mol.